The average molecular weight is 326 g/mol. The van der Waals surface area contributed by atoms with Crippen molar-refractivity contribution in [3.8, 4) is 5.75 Å². The Morgan fingerprint density at radius 2 is 2.17 bits per heavy atom. The normalized spacial score (nSPS) is 16.8. The third-order valence-corrected chi connectivity index (χ3v) is 4.24. The zero-order chi connectivity index (χ0) is 16.8. The van der Waals surface area contributed by atoms with Crippen LogP contribution in [-0.4, -0.2) is 36.1 Å². The number of methoxy groups -OCH3 is 1. The molecule has 1 atom stereocenters. The first-order valence-electron chi connectivity index (χ1n) is 8.15. The fraction of sp³-hybridized carbons (Fsp3) is 0.368. The molecule has 0 radical (unpaired) electrons. The molecular weight excluding hydrogens is 304 g/mol. The summed E-state index contributed by atoms with van der Waals surface area (Å²) in [7, 11) is 1.65. The minimum atomic E-state index is -0.0589. The molecule has 2 heterocycles. The third-order valence-electron chi connectivity index (χ3n) is 4.24. The van der Waals surface area contributed by atoms with Gasteiger partial charge in [0.25, 0.3) is 0 Å². The molecule has 1 amide bonds. The van der Waals surface area contributed by atoms with E-state index >= 15 is 0 Å². The lowest BCUT2D eigenvalue weighted by atomic mass is 10.1. The number of para-hydroxylation sites is 1. The van der Waals surface area contributed by atoms with E-state index in [-0.39, 0.29) is 11.8 Å². The first-order valence-corrected chi connectivity index (χ1v) is 8.15. The highest BCUT2D eigenvalue weighted by atomic mass is 16.5. The molecule has 3 rings (SSSR count). The molecule has 0 bridgehead atoms. The van der Waals surface area contributed by atoms with Gasteiger partial charge < -0.3 is 14.4 Å². The number of rotatable bonds is 6. The molecule has 0 aliphatic carbocycles. The Morgan fingerprint density at radius 1 is 1.29 bits per heavy atom. The van der Waals surface area contributed by atoms with Gasteiger partial charge in [0.05, 0.1) is 19.6 Å². The van der Waals surface area contributed by atoms with Gasteiger partial charge >= 0.3 is 0 Å². The highest BCUT2D eigenvalue weighted by Crippen LogP contribution is 2.23. The molecule has 24 heavy (non-hydrogen) atoms. The minimum Gasteiger partial charge on any atom is -0.496 e. The van der Waals surface area contributed by atoms with Crippen LogP contribution in [0.3, 0.4) is 0 Å². The zero-order valence-corrected chi connectivity index (χ0v) is 13.9. The molecule has 1 aliphatic rings. The Labute approximate surface area is 142 Å². The number of ether oxygens (including phenoxy) is 2. The van der Waals surface area contributed by atoms with Crippen molar-refractivity contribution < 1.29 is 14.3 Å². The van der Waals surface area contributed by atoms with E-state index in [1.807, 2.05) is 41.3 Å². The van der Waals surface area contributed by atoms with E-state index in [0.29, 0.717) is 26.3 Å². The van der Waals surface area contributed by atoms with Crippen molar-refractivity contribution in [3.05, 3.63) is 59.9 Å². The molecular formula is C19H22N2O3. The van der Waals surface area contributed by atoms with E-state index in [4.69, 9.17) is 9.47 Å². The Balaban J connectivity index is 1.82. The quantitative estimate of drug-likeness (QED) is 0.819. The molecule has 5 heteroatoms. The average Bonchev–Trinajstić information content (AvgIpc) is 3.16. The van der Waals surface area contributed by atoms with Gasteiger partial charge in [0.15, 0.2) is 0 Å². The summed E-state index contributed by atoms with van der Waals surface area (Å²) in [4.78, 5) is 19.0. The summed E-state index contributed by atoms with van der Waals surface area (Å²) in [5, 5.41) is 0. The van der Waals surface area contributed by atoms with Gasteiger partial charge in [-0.1, -0.05) is 24.3 Å². The van der Waals surface area contributed by atoms with E-state index in [1.165, 1.54) is 0 Å². The second-order valence-corrected chi connectivity index (χ2v) is 5.93. The topological polar surface area (TPSA) is 51.7 Å². The van der Waals surface area contributed by atoms with E-state index in [9.17, 15) is 4.79 Å². The maximum Gasteiger partial charge on any atom is 0.228 e. The molecule has 1 aliphatic heterocycles. The highest BCUT2D eigenvalue weighted by molar-refractivity contribution is 5.79. The molecule has 5 nitrogen and oxygen atoms in total. The summed E-state index contributed by atoms with van der Waals surface area (Å²) in [5.41, 5.74) is 2.01. The summed E-state index contributed by atoms with van der Waals surface area (Å²) in [6.45, 7) is 2.20. The van der Waals surface area contributed by atoms with Crippen LogP contribution in [0.4, 0.5) is 0 Å². The van der Waals surface area contributed by atoms with Crippen LogP contribution in [0.1, 0.15) is 17.5 Å². The van der Waals surface area contributed by atoms with Crippen molar-refractivity contribution in [1.82, 2.24) is 9.88 Å². The lowest BCUT2D eigenvalue weighted by Gasteiger charge is -2.26. The number of carbonyl (C=O) groups excluding carboxylic acids is 1. The molecule has 1 saturated heterocycles. The van der Waals surface area contributed by atoms with Crippen molar-refractivity contribution in [2.45, 2.75) is 19.5 Å². The smallest absolute Gasteiger partial charge is 0.228 e. The van der Waals surface area contributed by atoms with Gasteiger partial charge in [-0.05, 0) is 24.1 Å². The molecule has 1 fully saturated rings. The van der Waals surface area contributed by atoms with E-state index < -0.39 is 0 Å². The van der Waals surface area contributed by atoms with Crippen LogP contribution in [0.25, 0.3) is 0 Å². The molecule has 126 valence electrons. The molecule has 0 spiro atoms. The number of hydrogen-bond donors (Lipinski definition) is 0. The minimum absolute atomic E-state index is 0.0589. The third kappa shape index (κ3) is 3.92. The van der Waals surface area contributed by atoms with E-state index in [0.717, 1.165) is 23.3 Å². The fourth-order valence-corrected chi connectivity index (χ4v) is 2.95. The van der Waals surface area contributed by atoms with Gasteiger partial charge in [0, 0.05) is 37.7 Å². The van der Waals surface area contributed by atoms with Crippen molar-refractivity contribution in [3.63, 3.8) is 0 Å². The lowest BCUT2D eigenvalue weighted by Crippen LogP contribution is -2.35. The number of benzene rings is 1. The number of nitrogens with zero attached hydrogens (tertiary/aromatic N) is 2. The maximum atomic E-state index is 12.9. The number of hydrogen-bond acceptors (Lipinski definition) is 4. The SMILES string of the molecule is COc1ccccc1CN(Cc1cccnc1)C(=O)[C@H]1CCOC1. The van der Waals surface area contributed by atoms with Crippen LogP contribution >= 0.6 is 0 Å². The number of aromatic nitrogens is 1. The van der Waals surface area contributed by atoms with Crippen LogP contribution in [0.5, 0.6) is 5.75 Å². The summed E-state index contributed by atoms with van der Waals surface area (Å²) >= 11 is 0. The van der Waals surface area contributed by atoms with Crippen LogP contribution < -0.4 is 4.74 Å². The van der Waals surface area contributed by atoms with Crippen molar-refractivity contribution in [2.24, 2.45) is 5.92 Å². The Hall–Kier alpha value is -2.40. The molecule has 1 aromatic heterocycles. The number of pyridine rings is 1. The summed E-state index contributed by atoms with van der Waals surface area (Å²) in [6.07, 6.45) is 4.32. The van der Waals surface area contributed by atoms with Crippen LogP contribution in [0.15, 0.2) is 48.8 Å². The van der Waals surface area contributed by atoms with Crippen LogP contribution in [-0.2, 0) is 22.6 Å². The highest BCUT2D eigenvalue weighted by Gasteiger charge is 2.28. The van der Waals surface area contributed by atoms with Gasteiger partial charge in [0.2, 0.25) is 5.91 Å². The lowest BCUT2D eigenvalue weighted by molar-refractivity contribution is -0.136. The van der Waals surface area contributed by atoms with Gasteiger partial charge in [-0.2, -0.15) is 0 Å². The van der Waals surface area contributed by atoms with Gasteiger partial charge in [-0.25, -0.2) is 0 Å². The maximum absolute atomic E-state index is 12.9. The standard InChI is InChI=1S/C19H22N2O3/c1-23-18-7-3-2-6-16(18)13-21(12-15-5-4-9-20-11-15)19(22)17-8-10-24-14-17/h2-7,9,11,17H,8,10,12-14H2,1H3/t17-/m0/s1. The Kier molecular flexibility index (Phi) is 5.43. The molecule has 2 aromatic rings. The number of carbonyl (C=O) groups is 1. The summed E-state index contributed by atoms with van der Waals surface area (Å²) in [6, 6.07) is 11.7. The molecule has 0 N–H and O–H groups in total. The van der Waals surface area contributed by atoms with Gasteiger partial charge in [-0.3, -0.25) is 9.78 Å². The Bertz CT molecular complexity index is 669. The Morgan fingerprint density at radius 3 is 2.88 bits per heavy atom. The van der Waals surface area contributed by atoms with E-state index in [1.54, 1.807) is 19.5 Å². The van der Waals surface area contributed by atoms with Gasteiger partial charge in [0.1, 0.15) is 5.75 Å². The van der Waals surface area contributed by atoms with Crippen molar-refractivity contribution in [2.75, 3.05) is 20.3 Å². The second kappa shape index (κ2) is 7.93. The molecule has 0 saturated carbocycles. The molecule has 1 aromatic carbocycles. The predicted octanol–water partition coefficient (Wildman–Crippen LogP) is 2.66. The zero-order valence-electron chi connectivity index (χ0n) is 13.9. The monoisotopic (exact) mass is 326 g/mol. The van der Waals surface area contributed by atoms with Crippen molar-refractivity contribution >= 4 is 5.91 Å². The first kappa shape index (κ1) is 16.5. The summed E-state index contributed by atoms with van der Waals surface area (Å²) < 4.78 is 10.8. The predicted molar refractivity (Wildman–Crippen MR) is 90.4 cm³/mol. The second-order valence-electron chi connectivity index (χ2n) is 5.93. The van der Waals surface area contributed by atoms with Crippen LogP contribution in [0.2, 0.25) is 0 Å². The number of amides is 1. The van der Waals surface area contributed by atoms with Crippen LogP contribution in [0, 0.1) is 5.92 Å². The van der Waals surface area contributed by atoms with Crippen molar-refractivity contribution in [1.29, 1.82) is 0 Å². The summed E-state index contributed by atoms with van der Waals surface area (Å²) in [5.74, 6) is 0.864. The largest absolute Gasteiger partial charge is 0.496 e. The molecule has 0 unspecified atom stereocenters. The van der Waals surface area contributed by atoms with E-state index in [2.05, 4.69) is 4.98 Å². The first-order chi connectivity index (χ1) is 11.8. The fourth-order valence-electron chi connectivity index (χ4n) is 2.95. The van der Waals surface area contributed by atoms with Gasteiger partial charge in [-0.15, -0.1) is 0 Å².